The summed E-state index contributed by atoms with van der Waals surface area (Å²) in [6.07, 6.45) is 0.578. The molecule has 0 aliphatic heterocycles. The molecule has 6 nitrogen and oxygen atoms in total. The number of carbonyl (C=O) groups is 1. The smallest absolute Gasteiger partial charge is 0.374 e. The summed E-state index contributed by atoms with van der Waals surface area (Å²) in [5.74, 6) is -1.02. The van der Waals surface area contributed by atoms with Crippen LogP contribution in [0, 0.1) is 0 Å². The monoisotopic (exact) mass is 275 g/mol. The molecule has 1 unspecified atom stereocenters. The number of carboxylic acids is 1. The van der Waals surface area contributed by atoms with Crippen LogP contribution >= 0.6 is 0 Å². The summed E-state index contributed by atoms with van der Waals surface area (Å²) >= 11 is 0. The third kappa shape index (κ3) is 3.03. The SMILES string of the molecule is CCC(C)(O)CNc1nc(C(=O)O)nc2ccccc12. The Hall–Kier alpha value is -2.21. The van der Waals surface area contributed by atoms with E-state index in [1.807, 2.05) is 19.1 Å². The van der Waals surface area contributed by atoms with Gasteiger partial charge < -0.3 is 15.5 Å². The molecule has 1 heterocycles. The normalized spacial score (nSPS) is 13.9. The Morgan fingerprint density at radius 3 is 2.70 bits per heavy atom. The third-order valence-corrected chi connectivity index (χ3v) is 3.19. The van der Waals surface area contributed by atoms with E-state index in [0.29, 0.717) is 17.8 Å². The van der Waals surface area contributed by atoms with Gasteiger partial charge in [0, 0.05) is 11.9 Å². The Kier molecular flexibility index (Phi) is 3.85. The van der Waals surface area contributed by atoms with Crippen molar-refractivity contribution in [1.29, 1.82) is 0 Å². The largest absolute Gasteiger partial charge is 0.475 e. The summed E-state index contributed by atoms with van der Waals surface area (Å²) in [4.78, 5) is 19.0. The molecular weight excluding hydrogens is 258 g/mol. The first-order valence-corrected chi connectivity index (χ1v) is 6.39. The van der Waals surface area contributed by atoms with Gasteiger partial charge in [-0.25, -0.2) is 14.8 Å². The summed E-state index contributed by atoms with van der Waals surface area (Å²) in [5, 5.41) is 22.8. The van der Waals surface area contributed by atoms with Crippen molar-refractivity contribution in [3.8, 4) is 0 Å². The Balaban J connectivity index is 2.42. The minimum absolute atomic E-state index is 0.262. The van der Waals surface area contributed by atoms with E-state index in [0.717, 1.165) is 5.39 Å². The second kappa shape index (κ2) is 5.42. The molecule has 0 fully saturated rings. The first kappa shape index (κ1) is 14.2. The van der Waals surface area contributed by atoms with Gasteiger partial charge in [0.1, 0.15) is 5.82 Å². The Labute approximate surface area is 116 Å². The lowest BCUT2D eigenvalue weighted by Gasteiger charge is -2.22. The molecule has 0 aliphatic carbocycles. The Morgan fingerprint density at radius 2 is 2.05 bits per heavy atom. The summed E-state index contributed by atoms with van der Waals surface area (Å²) in [6.45, 7) is 3.87. The van der Waals surface area contributed by atoms with Crippen molar-refractivity contribution < 1.29 is 15.0 Å². The molecule has 0 saturated carbocycles. The third-order valence-electron chi connectivity index (χ3n) is 3.19. The molecule has 0 bridgehead atoms. The Morgan fingerprint density at radius 1 is 1.35 bits per heavy atom. The van der Waals surface area contributed by atoms with Gasteiger partial charge in [-0.2, -0.15) is 0 Å². The molecule has 0 spiro atoms. The van der Waals surface area contributed by atoms with Crippen molar-refractivity contribution in [2.45, 2.75) is 25.9 Å². The average molecular weight is 275 g/mol. The maximum absolute atomic E-state index is 11.1. The molecular formula is C14H17N3O3. The number of fused-ring (bicyclic) bond motifs is 1. The predicted octanol–water partition coefficient (Wildman–Crippen LogP) is 1.90. The number of anilines is 1. The van der Waals surface area contributed by atoms with E-state index >= 15 is 0 Å². The van der Waals surface area contributed by atoms with Crippen molar-refractivity contribution in [3.63, 3.8) is 0 Å². The van der Waals surface area contributed by atoms with Crippen molar-refractivity contribution in [2.75, 3.05) is 11.9 Å². The number of nitrogens with zero attached hydrogens (tertiary/aromatic N) is 2. The van der Waals surface area contributed by atoms with Gasteiger partial charge in [-0.1, -0.05) is 19.1 Å². The van der Waals surface area contributed by atoms with Crippen LogP contribution in [-0.2, 0) is 0 Å². The van der Waals surface area contributed by atoms with Crippen LogP contribution in [0.3, 0.4) is 0 Å². The average Bonchev–Trinajstić information content (AvgIpc) is 2.44. The van der Waals surface area contributed by atoms with Crippen molar-refractivity contribution >= 4 is 22.7 Å². The van der Waals surface area contributed by atoms with Crippen LogP contribution in [0.2, 0.25) is 0 Å². The number of para-hydroxylation sites is 1. The first-order chi connectivity index (χ1) is 9.43. The second-order valence-electron chi connectivity index (χ2n) is 4.92. The molecule has 106 valence electrons. The summed E-state index contributed by atoms with van der Waals surface area (Å²) in [6, 6.07) is 7.15. The van der Waals surface area contributed by atoms with Crippen molar-refractivity contribution in [2.24, 2.45) is 0 Å². The van der Waals surface area contributed by atoms with Gasteiger partial charge in [0.15, 0.2) is 0 Å². The highest BCUT2D eigenvalue weighted by atomic mass is 16.4. The number of aromatic carboxylic acids is 1. The fourth-order valence-corrected chi connectivity index (χ4v) is 1.71. The van der Waals surface area contributed by atoms with Gasteiger partial charge in [0.2, 0.25) is 5.82 Å². The standard InChI is InChI=1S/C14H17N3O3/c1-3-14(2,20)8-15-11-9-6-4-5-7-10(9)16-12(17-11)13(18)19/h4-7,20H,3,8H2,1-2H3,(H,18,19)(H,15,16,17). The topological polar surface area (TPSA) is 95.3 Å². The highest BCUT2D eigenvalue weighted by Crippen LogP contribution is 2.21. The van der Waals surface area contributed by atoms with Crippen LogP contribution in [0.5, 0.6) is 0 Å². The van der Waals surface area contributed by atoms with E-state index in [9.17, 15) is 9.90 Å². The van der Waals surface area contributed by atoms with Gasteiger partial charge >= 0.3 is 5.97 Å². The molecule has 2 rings (SSSR count). The van der Waals surface area contributed by atoms with Gasteiger partial charge in [-0.05, 0) is 25.5 Å². The van der Waals surface area contributed by atoms with E-state index in [2.05, 4.69) is 15.3 Å². The van der Waals surface area contributed by atoms with Crippen LogP contribution in [0.4, 0.5) is 5.82 Å². The lowest BCUT2D eigenvalue weighted by Crippen LogP contribution is -2.32. The van der Waals surface area contributed by atoms with Crippen LogP contribution in [0.25, 0.3) is 10.9 Å². The number of aromatic nitrogens is 2. The number of rotatable bonds is 5. The zero-order valence-corrected chi connectivity index (χ0v) is 11.4. The molecule has 20 heavy (non-hydrogen) atoms. The van der Waals surface area contributed by atoms with Crippen LogP contribution in [0.1, 0.15) is 30.9 Å². The maximum atomic E-state index is 11.1. The summed E-state index contributed by atoms with van der Waals surface area (Å²) in [5.41, 5.74) is -0.325. The molecule has 0 radical (unpaired) electrons. The van der Waals surface area contributed by atoms with Crippen LogP contribution in [-0.4, -0.2) is 38.3 Å². The Bertz CT molecular complexity index is 641. The fourth-order valence-electron chi connectivity index (χ4n) is 1.71. The number of nitrogens with one attached hydrogen (secondary N) is 1. The van der Waals surface area contributed by atoms with Crippen molar-refractivity contribution in [1.82, 2.24) is 9.97 Å². The lowest BCUT2D eigenvalue weighted by molar-refractivity contribution is 0.0684. The zero-order valence-electron chi connectivity index (χ0n) is 11.4. The molecule has 1 aromatic carbocycles. The quantitative estimate of drug-likeness (QED) is 0.771. The zero-order chi connectivity index (χ0) is 14.8. The van der Waals surface area contributed by atoms with E-state index in [4.69, 9.17) is 5.11 Å². The number of benzene rings is 1. The highest BCUT2D eigenvalue weighted by molar-refractivity contribution is 5.93. The molecule has 6 heteroatoms. The molecule has 0 aliphatic rings. The molecule has 1 aromatic heterocycles. The van der Waals surface area contributed by atoms with Gasteiger partial charge in [0.05, 0.1) is 11.1 Å². The summed E-state index contributed by atoms with van der Waals surface area (Å²) in [7, 11) is 0. The number of hydrogen-bond acceptors (Lipinski definition) is 5. The van der Waals surface area contributed by atoms with Crippen molar-refractivity contribution in [3.05, 3.63) is 30.1 Å². The first-order valence-electron chi connectivity index (χ1n) is 6.39. The predicted molar refractivity (Wildman–Crippen MR) is 75.9 cm³/mol. The van der Waals surface area contributed by atoms with Crippen LogP contribution < -0.4 is 5.32 Å². The van der Waals surface area contributed by atoms with E-state index in [1.54, 1.807) is 19.1 Å². The molecule has 0 amide bonds. The van der Waals surface area contributed by atoms with Gasteiger partial charge in [-0.3, -0.25) is 0 Å². The molecule has 1 atom stereocenters. The van der Waals surface area contributed by atoms with E-state index in [1.165, 1.54) is 0 Å². The van der Waals surface area contributed by atoms with E-state index in [-0.39, 0.29) is 12.4 Å². The minimum Gasteiger partial charge on any atom is -0.475 e. The van der Waals surface area contributed by atoms with Gasteiger partial charge in [-0.15, -0.1) is 0 Å². The number of aliphatic hydroxyl groups is 1. The minimum atomic E-state index is -1.18. The highest BCUT2D eigenvalue weighted by Gasteiger charge is 2.19. The second-order valence-corrected chi connectivity index (χ2v) is 4.92. The van der Waals surface area contributed by atoms with E-state index < -0.39 is 11.6 Å². The van der Waals surface area contributed by atoms with Crippen LogP contribution in [0.15, 0.2) is 24.3 Å². The maximum Gasteiger partial charge on any atom is 0.374 e. The summed E-state index contributed by atoms with van der Waals surface area (Å²) < 4.78 is 0. The van der Waals surface area contributed by atoms with Gasteiger partial charge in [0.25, 0.3) is 0 Å². The molecule has 0 saturated heterocycles. The molecule has 2 aromatic rings. The lowest BCUT2D eigenvalue weighted by atomic mass is 10.0. The number of carboxylic acid groups (broad SMARTS) is 1. The number of hydrogen-bond donors (Lipinski definition) is 3. The fraction of sp³-hybridized carbons (Fsp3) is 0.357. The molecule has 3 N–H and O–H groups in total.